The highest BCUT2D eigenvalue weighted by molar-refractivity contribution is 7.12. The number of aliphatic hydroxyl groups is 1. The number of carbonyl (C=O) groups excluding carboxylic acids is 2. The van der Waals surface area contributed by atoms with Crippen LogP contribution in [0.25, 0.3) is 11.0 Å². The zero-order chi connectivity index (χ0) is 24.8. The lowest BCUT2D eigenvalue weighted by atomic mass is 9.61. The van der Waals surface area contributed by atoms with Crippen molar-refractivity contribution in [3.8, 4) is 0 Å². The molecular weight excluding hydrogens is 496 g/mol. The van der Waals surface area contributed by atoms with Gasteiger partial charge < -0.3 is 14.7 Å². The van der Waals surface area contributed by atoms with Crippen LogP contribution >= 0.6 is 22.7 Å². The van der Waals surface area contributed by atoms with Crippen LogP contribution in [0.5, 0.6) is 0 Å². The molecule has 0 amide bonds. The molecule has 10 heteroatoms. The number of likely N-dealkylation sites (tertiary alicyclic amines) is 1. The fourth-order valence-electron chi connectivity index (χ4n) is 5.51. The van der Waals surface area contributed by atoms with Gasteiger partial charge in [0.15, 0.2) is 0 Å². The molecule has 1 aromatic carbocycles. The Hall–Kier alpha value is -2.92. The molecule has 186 valence electrons. The zero-order valence-corrected chi connectivity index (χ0v) is 21.2. The number of benzene rings is 1. The Balaban J connectivity index is 0.981. The summed E-state index contributed by atoms with van der Waals surface area (Å²) < 4.78 is 7.71. The van der Waals surface area contributed by atoms with Crippen LogP contribution in [0.3, 0.4) is 0 Å². The third-order valence-electron chi connectivity index (χ3n) is 7.28. The molecule has 0 radical (unpaired) electrons. The minimum absolute atomic E-state index is 0.149. The van der Waals surface area contributed by atoms with Crippen molar-refractivity contribution in [1.82, 2.24) is 19.9 Å². The maximum atomic E-state index is 13.1. The first kappa shape index (κ1) is 23.5. The lowest BCUT2D eigenvalue weighted by Gasteiger charge is -2.58. The number of fused-ring (bicyclic) bond motifs is 1. The van der Waals surface area contributed by atoms with E-state index in [1.165, 1.54) is 22.7 Å². The molecule has 6 rings (SSSR count). The zero-order valence-electron chi connectivity index (χ0n) is 19.6. The Morgan fingerprint density at radius 2 is 1.86 bits per heavy atom. The van der Waals surface area contributed by atoms with Crippen molar-refractivity contribution in [2.75, 3.05) is 19.6 Å². The van der Waals surface area contributed by atoms with Gasteiger partial charge in [-0.15, -0.1) is 27.8 Å². The molecule has 2 fully saturated rings. The Bertz CT molecular complexity index is 1330. The quantitative estimate of drug-likeness (QED) is 0.264. The predicted octanol–water partition coefficient (Wildman–Crippen LogP) is 3.70. The molecule has 36 heavy (non-hydrogen) atoms. The number of thiophene rings is 2. The molecular formula is C26H26N4O4S2. The highest BCUT2D eigenvalue weighted by Crippen LogP contribution is 2.50. The van der Waals surface area contributed by atoms with Gasteiger partial charge in [0.05, 0.1) is 15.3 Å². The van der Waals surface area contributed by atoms with E-state index in [1.54, 1.807) is 24.3 Å². The van der Waals surface area contributed by atoms with Gasteiger partial charge in [-0.25, -0.2) is 9.48 Å². The van der Waals surface area contributed by atoms with E-state index < -0.39 is 11.6 Å². The molecule has 0 atom stereocenters. The van der Waals surface area contributed by atoms with E-state index in [9.17, 15) is 14.7 Å². The number of aromatic nitrogens is 3. The Kier molecular flexibility index (Phi) is 5.99. The Labute approximate surface area is 216 Å². The third-order valence-corrected chi connectivity index (χ3v) is 9.24. The van der Waals surface area contributed by atoms with Crippen molar-refractivity contribution >= 4 is 46.0 Å². The van der Waals surface area contributed by atoms with E-state index in [-0.39, 0.29) is 11.5 Å². The number of esters is 1. The molecule has 3 aromatic heterocycles. The molecule has 1 saturated heterocycles. The number of aldehydes is 1. The summed E-state index contributed by atoms with van der Waals surface area (Å²) in [5, 5.41) is 23.5. The number of ether oxygens (including phenoxy) is 1. The van der Waals surface area contributed by atoms with Crippen molar-refractivity contribution in [2.24, 2.45) is 5.41 Å². The van der Waals surface area contributed by atoms with Crippen LogP contribution in [-0.2, 0) is 21.7 Å². The largest absolute Gasteiger partial charge is 0.460 e. The van der Waals surface area contributed by atoms with Gasteiger partial charge in [-0.05, 0) is 66.9 Å². The second kappa shape index (κ2) is 9.19. The smallest absolute Gasteiger partial charge is 0.349 e. The number of carbonyl (C=O) groups is 2. The van der Waals surface area contributed by atoms with Crippen LogP contribution in [0, 0.1) is 5.41 Å². The Morgan fingerprint density at radius 1 is 1.14 bits per heavy atom. The van der Waals surface area contributed by atoms with Gasteiger partial charge in [0.1, 0.15) is 17.9 Å². The summed E-state index contributed by atoms with van der Waals surface area (Å²) in [6, 6.07) is 12.7. The van der Waals surface area contributed by atoms with E-state index in [0.29, 0.717) is 15.3 Å². The molecule has 0 bridgehead atoms. The SMILES string of the molecule is O=Cc1ccc2c(c1)nnn2CCCN1CC2(CC(OC(=O)C(O)(c3cccs3)c3cccs3)C2)C1. The van der Waals surface area contributed by atoms with Gasteiger partial charge in [-0.2, -0.15) is 0 Å². The highest BCUT2D eigenvalue weighted by Gasteiger charge is 2.55. The van der Waals surface area contributed by atoms with Crippen LogP contribution in [0.1, 0.15) is 39.4 Å². The fraction of sp³-hybridized carbons (Fsp3) is 0.385. The minimum Gasteiger partial charge on any atom is -0.460 e. The molecule has 1 N–H and O–H groups in total. The summed E-state index contributed by atoms with van der Waals surface area (Å²) in [7, 11) is 0. The third kappa shape index (κ3) is 4.07. The van der Waals surface area contributed by atoms with Crippen molar-refractivity contribution in [3.05, 3.63) is 68.5 Å². The first-order valence-electron chi connectivity index (χ1n) is 12.0. The molecule has 1 spiro atoms. The summed E-state index contributed by atoms with van der Waals surface area (Å²) in [6.07, 6.45) is 3.30. The fourth-order valence-corrected chi connectivity index (χ4v) is 7.22. The van der Waals surface area contributed by atoms with Crippen LogP contribution in [0.15, 0.2) is 53.2 Å². The molecule has 0 unspecified atom stereocenters. The number of rotatable bonds is 9. The topological polar surface area (TPSA) is 97.5 Å². The molecule has 1 aliphatic carbocycles. The maximum Gasteiger partial charge on any atom is 0.349 e. The van der Waals surface area contributed by atoms with Crippen LogP contribution in [-0.4, -0.2) is 63.0 Å². The average molecular weight is 523 g/mol. The second-order valence-electron chi connectivity index (χ2n) is 9.84. The van der Waals surface area contributed by atoms with Gasteiger partial charge in [0.2, 0.25) is 5.60 Å². The van der Waals surface area contributed by atoms with Crippen molar-refractivity contribution in [3.63, 3.8) is 0 Å². The van der Waals surface area contributed by atoms with Gasteiger partial charge in [-0.1, -0.05) is 17.3 Å². The van der Waals surface area contributed by atoms with E-state index in [0.717, 1.165) is 62.8 Å². The lowest BCUT2D eigenvalue weighted by molar-refractivity contribution is -0.191. The standard InChI is InChI=1S/C26H26N4O4S2/c31-15-18-6-7-21-20(12-18)27-28-30(21)9-3-8-29-16-25(17-29)13-19(14-25)34-24(32)26(33,22-4-1-10-35-22)23-5-2-11-36-23/h1-2,4-7,10-12,15,19,33H,3,8-9,13-14,16-17H2. The summed E-state index contributed by atoms with van der Waals surface area (Å²) in [5.41, 5.74) is 0.765. The van der Waals surface area contributed by atoms with Crippen molar-refractivity contribution in [1.29, 1.82) is 0 Å². The van der Waals surface area contributed by atoms with E-state index in [4.69, 9.17) is 4.74 Å². The van der Waals surface area contributed by atoms with Gasteiger partial charge >= 0.3 is 5.97 Å². The van der Waals surface area contributed by atoms with Gasteiger partial charge in [0.25, 0.3) is 0 Å². The average Bonchev–Trinajstić information content (AvgIpc) is 3.62. The molecule has 1 saturated carbocycles. The summed E-state index contributed by atoms with van der Waals surface area (Å²) in [6.45, 7) is 3.74. The summed E-state index contributed by atoms with van der Waals surface area (Å²) >= 11 is 2.72. The van der Waals surface area contributed by atoms with Crippen LogP contribution in [0.2, 0.25) is 0 Å². The predicted molar refractivity (Wildman–Crippen MR) is 137 cm³/mol. The highest BCUT2D eigenvalue weighted by atomic mass is 32.1. The van der Waals surface area contributed by atoms with E-state index in [2.05, 4.69) is 15.2 Å². The molecule has 1 aliphatic heterocycles. The second-order valence-corrected chi connectivity index (χ2v) is 11.7. The van der Waals surface area contributed by atoms with E-state index in [1.807, 2.05) is 33.6 Å². The first-order valence-corrected chi connectivity index (χ1v) is 13.8. The molecule has 4 aromatic rings. The van der Waals surface area contributed by atoms with Crippen molar-refractivity contribution < 1.29 is 19.4 Å². The summed E-state index contributed by atoms with van der Waals surface area (Å²) in [4.78, 5) is 27.7. The lowest BCUT2D eigenvalue weighted by Crippen LogP contribution is -2.64. The minimum atomic E-state index is -1.74. The van der Waals surface area contributed by atoms with Crippen molar-refractivity contribution in [2.45, 2.75) is 37.5 Å². The number of hydrogen-bond donors (Lipinski definition) is 1. The van der Waals surface area contributed by atoms with Crippen LogP contribution < -0.4 is 0 Å². The van der Waals surface area contributed by atoms with E-state index >= 15 is 0 Å². The number of nitrogens with zero attached hydrogens (tertiary/aromatic N) is 4. The van der Waals surface area contributed by atoms with Crippen LogP contribution in [0.4, 0.5) is 0 Å². The number of hydrogen-bond acceptors (Lipinski definition) is 9. The maximum absolute atomic E-state index is 13.1. The van der Waals surface area contributed by atoms with Gasteiger partial charge in [-0.3, -0.25) is 4.79 Å². The normalized spacial score (nSPS) is 17.7. The Morgan fingerprint density at radius 3 is 2.50 bits per heavy atom. The first-order chi connectivity index (χ1) is 17.5. The number of aryl methyl sites for hydroxylation is 1. The molecule has 8 nitrogen and oxygen atoms in total. The van der Waals surface area contributed by atoms with Gasteiger partial charge in [0, 0.05) is 30.6 Å². The molecule has 2 aliphatic rings. The summed E-state index contributed by atoms with van der Waals surface area (Å²) in [5.74, 6) is -0.580. The molecule has 4 heterocycles. The monoisotopic (exact) mass is 522 g/mol.